The molecule has 0 atom stereocenters. The molecule has 8 heteroatoms. The average Bonchev–Trinajstić information content (AvgIpc) is 3.53. The zero-order valence-corrected chi connectivity index (χ0v) is 18.4. The molecule has 1 saturated heterocycles. The van der Waals surface area contributed by atoms with Gasteiger partial charge in [-0.3, -0.25) is 4.98 Å². The molecular weight excluding hydrogens is 414 g/mol. The lowest BCUT2D eigenvalue weighted by molar-refractivity contribution is 0.0819. The van der Waals surface area contributed by atoms with Crippen molar-refractivity contribution < 1.29 is 4.74 Å². The molecule has 1 aromatic carbocycles. The second-order valence-corrected chi connectivity index (χ2v) is 8.36. The molecule has 1 fully saturated rings. The quantitative estimate of drug-likeness (QED) is 0.415. The Balaban J connectivity index is 1.28. The highest BCUT2D eigenvalue weighted by atomic mass is 16.5. The van der Waals surface area contributed by atoms with E-state index in [1.807, 2.05) is 35.3 Å². The number of nitrogens with zero attached hydrogens (tertiary/aromatic N) is 5. The number of benzene rings is 1. The minimum absolute atomic E-state index is 0.380. The van der Waals surface area contributed by atoms with Crippen molar-refractivity contribution in [2.24, 2.45) is 0 Å². The molecule has 0 radical (unpaired) electrons. The number of aromatic amines is 1. The summed E-state index contributed by atoms with van der Waals surface area (Å²) in [5, 5.41) is 3.46. The van der Waals surface area contributed by atoms with E-state index in [4.69, 9.17) is 9.72 Å². The number of hydrogen-bond donors (Lipinski definition) is 2. The Morgan fingerprint density at radius 3 is 2.76 bits per heavy atom. The highest BCUT2D eigenvalue weighted by Gasteiger charge is 2.19. The number of rotatable bonds is 5. The maximum Gasteiger partial charge on any atom is 0.180 e. The van der Waals surface area contributed by atoms with Gasteiger partial charge in [-0.25, -0.2) is 9.97 Å². The molecule has 1 aliphatic rings. The molecule has 1 aliphatic heterocycles. The molecule has 33 heavy (non-hydrogen) atoms. The van der Waals surface area contributed by atoms with Crippen LogP contribution in [0.25, 0.3) is 27.9 Å². The third-order valence-electron chi connectivity index (χ3n) is 6.34. The maximum atomic E-state index is 5.49. The van der Waals surface area contributed by atoms with Gasteiger partial charge in [0.25, 0.3) is 0 Å². The lowest BCUT2D eigenvalue weighted by Gasteiger charge is -2.33. The number of anilines is 3. The molecule has 2 N–H and O–H groups in total. The largest absolute Gasteiger partial charge is 0.381 e. The number of H-pyrrole nitrogens is 1. The Labute approximate surface area is 191 Å². The van der Waals surface area contributed by atoms with E-state index in [1.165, 1.54) is 5.69 Å². The van der Waals surface area contributed by atoms with Crippen molar-refractivity contribution in [3.63, 3.8) is 0 Å². The fourth-order valence-corrected chi connectivity index (χ4v) is 4.47. The van der Waals surface area contributed by atoms with Gasteiger partial charge in [0, 0.05) is 68.1 Å². The molecule has 6 rings (SSSR count). The summed E-state index contributed by atoms with van der Waals surface area (Å²) >= 11 is 0. The minimum atomic E-state index is 0.380. The van der Waals surface area contributed by atoms with Gasteiger partial charge < -0.3 is 24.3 Å². The topological polar surface area (TPSA) is 83.4 Å². The SMILES string of the molecule is COC1CCN(c2ccc(Nc3nc(-c4cnc5cc[nH]c5c4)cn4ccnc34)cc2)CC1. The lowest BCUT2D eigenvalue weighted by Crippen LogP contribution is -2.36. The number of pyridine rings is 1. The summed E-state index contributed by atoms with van der Waals surface area (Å²) in [6.45, 7) is 2.03. The fraction of sp³-hybridized carbons (Fsp3) is 0.240. The van der Waals surface area contributed by atoms with Crippen LogP contribution in [0, 0.1) is 0 Å². The molecule has 0 aliphatic carbocycles. The number of aromatic nitrogens is 5. The van der Waals surface area contributed by atoms with E-state index in [1.54, 1.807) is 13.3 Å². The molecule has 0 amide bonds. The zero-order chi connectivity index (χ0) is 22.2. The fourth-order valence-electron chi connectivity index (χ4n) is 4.47. The molecule has 0 bridgehead atoms. The van der Waals surface area contributed by atoms with E-state index < -0.39 is 0 Å². The van der Waals surface area contributed by atoms with Gasteiger partial charge in [0.05, 0.1) is 22.8 Å². The van der Waals surface area contributed by atoms with Crippen LogP contribution in [0.4, 0.5) is 17.2 Å². The van der Waals surface area contributed by atoms with Crippen LogP contribution in [0.2, 0.25) is 0 Å². The summed E-state index contributed by atoms with van der Waals surface area (Å²) < 4.78 is 7.47. The number of fused-ring (bicyclic) bond motifs is 2. The van der Waals surface area contributed by atoms with Gasteiger partial charge >= 0.3 is 0 Å². The lowest BCUT2D eigenvalue weighted by atomic mass is 10.1. The van der Waals surface area contributed by atoms with E-state index in [9.17, 15) is 0 Å². The first-order valence-corrected chi connectivity index (χ1v) is 11.2. The summed E-state index contributed by atoms with van der Waals surface area (Å²) in [4.78, 5) is 19.5. The van der Waals surface area contributed by atoms with E-state index in [0.717, 1.165) is 59.6 Å². The number of methoxy groups -OCH3 is 1. The molecule has 8 nitrogen and oxygen atoms in total. The third kappa shape index (κ3) is 3.78. The molecule has 0 saturated carbocycles. The average molecular weight is 440 g/mol. The molecule has 4 aromatic heterocycles. The molecule has 166 valence electrons. The highest BCUT2D eigenvalue weighted by molar-refractivity contribution is 5.81. The molecule has 0 spiro atoms. The summed E-state index contributed by atoms with van der Waals surface area (Å²) in [6.07, 6.45) is 11.9. The van der Waals surface area contributed by atoms with Crippen LogP contribution >= 0.6 is 0 Å². The second kappa shape index (κ2) is 8.22. The monoisotopic (exact) mass is 439 g/mol. The van der Waals surface area contributed by atoms with Crippen LogP contribution in [0.1, 0.15) is 12.8 Å². The molecular formula is C25H25N7O. The van der Waals surface area contributed by atoms with Crippen molar-refractivity contribution in [2.45, 2.75) is 18.9 Å². The van der Waals surface area contributed by atoms with Crippen molar-refractivity contribution in [3.8, 4) is 11.3 Å². The van der Waals surface area contributed by atoms with Crippen LogP contribution in [-0.2, 0) is 4.74 Å². The Morgan fingerprint density at radius 1 is 1.09 bits per heavy atom. The number of ether oxygens (including phenoxy) is 1. The Kier molecular flexibility index (Phi) is 4.92. The molecule has 5 heterocycles. The first-order valence-electron chi connectivity index (χ1n) is 11.2. The standard InChI is InChI=1S/C25H25N7O/c1-33-20-7-11-31(12-8-20)19-4-2-18(3-5-19)29-24-25-27-10-13-32(25)16-23(30-24)17-14-22-21(28-15-17)6-9-26-22/h2-6,9-10,13-16,20,26H,7-8,11-12H2,1H3,(H,29,30). The van der Waals surface area contributed by atoms with Crippen molar-refractivity contribution in [1.82, 2.24) is 24.3 Å². The first kappa shape index (κ1) is 19.8. The number of imidazole rings is 1. The van der Waals surface area contributed by atoms with Gasteiger partial charge in [0.2, 0.25) is 0 Å². The summed E-state index contributed by atoms with van der Waals surface area (Å²) in [5.41, 5.74) is 6.67. The Hall–Kier alpha value is -3.91. The first-order chi connectivity index (χ1) is 16.3. The van der Waals surface area contributed by atoms with E-state index in [-0.39, 0.29) is 0 Å². The maximum absolute atomic E-state index is 5.49. The van der Waals surface area contributed by atoms with Crippen LogP contribution in [-0.4, -0.2) is 50.6 Å². The van der Waals surface area contributed by atoms with Gasteiger partial charge in [-0.2, -0.15) is 0 Å². The van der Waals surface area contributed by atoms with Crippen molar-refractivity contribution in [1.29, 1.82) is 0 Å². The summed E-state index contributed by atoms with van der Waals surface area (Å²) in [6, 6.07) is 12.5. The van der Waals surface area contributed by atoms with E-state index >= 15 is 0 Å². The van der Waals surface area contributed by atoms with Crippen molar-refractivity contribution >= 4 is 33.9 Å². The summed E-state index contributed by atoms with van der Waals surface area (Å²) in [7, 11) is 1.80. The van der Waals surface area contributed by atoms with Gasteiger partial charge in [-0.1, -0.05) is 0 Å². The van der Waals surface area contributed by atoms with E-state index in [0.29, 0.717) is 11.9 Å². The van der Waals surface area contributed by atoms with Crippen molar-refractivity contribution in [3.05, 3.63) is 67.4 Å². The Morgan fingerprint density at radius 2 is 1.94 bits per heavy atom. The predicted octanol–water partition coefficient (Wildman–Crippen LogP) is 4.63. The van der Waals surface area contributed by atoms with Gasteiger partial charge in [-0.15, -0.1) is 0 Å². The van der Waals surface area contributed by atoms with Gasteiger partial charge in [0.15, 0.2) is 11.5 Å². The van der Waals surface area contributed by atoms with Gasteiger partial charge in [-0.05, 0) is 49.2 Å². The molecule has 5 aromatic rings. The van der Waals surface area contributed by atoms with Crippen LogP contribution in [0.3, 0.4) is 0 Å². The van der Waals surface area contributed by atoms with Crippen LogP contribution in [0.5, 0.6) is 0 Å². The van der Waals surface area contributed by atoms with Gasteiger partial charge in [0.1, 0.15) is 0 Å². The minimum Gasteiger partial charge on any atom is -0.381 e. The smallest absolute Gasteiger partial charge is 0.180 e. The van der Waals surface area contributed by atoms with E-state index in [2.05, 4.69) is 55.5 Å². The van der Waals surface area contributed by atoms with Crippen molar-refractivity contribution in [2.75, 3.05) is 30.4 Å². The second-order valence-electron chi connectivity index (χ2n) is 8.36. The highest BCUT2D eigenvalue weighted by Crippen LogP contribution is 2.28. The molecule has 0 unspecified atom stereocenters. The Bertz CT molecular complexity index is 1400. The predicted molar refractivity (Wildman–Crippen MR) is 130 cm³/mol. The number of hydrogen-bond acceptors (Lipinski definition) is 6. The number of piperidine rings is 1. The zero-order valence-electron chi connectivity index (χ0n) is 18.4. The third-order valence-corrected chi connectivity index (χ3v) is 6.34. The van der Waals surface area contributed by atoms with Crippen LogP contribution < -0.4 is 10.2 Å². The van der Waals surface area contributed by atoms with Crippen LogP contribution in [0.15, 0.2) is 67.4 Å². The summed E-state index contributed by atoms with van der Waals surface area (Å²) in [5.74, 6) is 0.706. The number of nitrogens with one attached hydrogen (secondary N) is 2. The normalized spacial score (nSPS) is 14.9.